The molecular weight excluding hydrogens is 220 g/mol. The second-order valence-electron chi connectivity index (χ2n) is 3.80. The van der Waals surface area contributed by atoms with Crippen LogP contribution in [-0.4, -0.2) is 15.4 Å². The highest BCUT2D eigenvalue weighted by atomic mass is 32.2. The quantitative estimate of drug-likeness (QED) is 0.856. The van der Waals surface area contributed by atoms with Gasteiger partial charge in [0.15, 0.2) is 0 Å². The molecule has 0 aromatic heterocycles. The Labute approximate surface area is 99.5 Å². The van der Waals surface area contributed by atoms with E-state index < -0.39 is 16.9 Å². The van der Waals surface area contributed by atoms with Gasteiger partial charge in [0.2, 0.25) is 0 Å². The van der Waals surface area contributed by atoms with Crippen molar-refractivity contribution in [1.82, 2.24) is 0 Å². The van der Waals surface area contributed by atoms with Gasteiger partial charge in [0.1, 0.15) is 0 Å². The Kier molecular flexibility index (Phi) is 5.43. The van der Waals surface area contributed by atoms with Crippen molar-refractivity contribution in [3.05, 3.63) is 41.3 Å². The van der Waals surface area contributed by atoms with Gasteiger partial charge >= 0.3 is 0 Å². The van der Waals surface area contributed by atoms with Gasteiger partial charge in [-0.25, -0.2) is 4.21 Å². The van der Waals surface area contributed by atoms with Gasteiger partial charge in [-0.1, -0.05) is 31.0 Å². The molecular formula is C13H18O2S. The molecule has 16 heavy (non-hydrogen) atoms. The zero-order valence-corrected chi connectivity index (χ0v) is 10.5. The van der Waals surface area contributed by atoms with E-state index in [1.165, 1.54) is 0 Å². The average Bonchev–Trinajstić information content (AvgIpc) is 2.27. The SMILES string of the molecule is CCCC(O)/C=C/S(=O)c1ccc(C)cc1. The van der Waals surface area contributed by atoms with E-state index in [4.69, 9.17) is 0 Å². The van der Waals surface area contributed by atoms with Gasteiger partial charge in [-0.3, -0.25) is 0 Å². The number of aliphatic hydroxyl groups excluding tert-OH is 1. The molecule has 0 aliphatic carbocycles. The fraction of sp³-hybridized carbons (Fsp3) is 0.385. The topological polar surface area (TPSA) is 37.3 Å². The molecule has 2 unspecified atom stereocenters. The third kappa shape index (κ3) is 4.29. The third-order valence-corrected chi connectivity index (χ3v) is 3.40. The van der Waals surface area contributed by atoms with E-state index in [0.29, 0.717) is 6.42 Å². The molecule has 0 saturated heterocycles. The highest BCUT2D eigenvalue weighted by Gasteiger charge is 2.01. The second kappa shape index (κ2) is 6.61. The monoisotopic (exact) mass is 238 g/mol. The Morgan fingerprint density at radius 3 is 2.56 bits per heavy atom. The number of hydrogen-bond donors (Lipinski definition) is 1. The van der Waals surface area contributed by atoms with Crippen molar-refractivity contribution in [2.75, 3.05) is 0 Å². The lowest BCUT2D eigenvalue weighted by molar-refractivity contribution is 0.212. The summed E-state index contributed by atoms with van der Waals surface area (Å²) >= 11 is 0. The summed E-state index contributed by atoms with van der Waals surface area (Å²) in [5.74, 6) is 0. The average molecular weight is 238 g/mol. The molecule has 0 fully saturated rings. The smallest absolute Gasteiger partial charge is 0.0773 e. The Balaban J connectivity index is 2.62. The molecule has 1 N–H and O–H groups in total. The molecule has 1 aromatic rings. The molecule has 2 atom stereocenters. The Bertz CT molecular complexity index is 368. The van der Waals surface area contributed by atoms with Crippen LogP contribution in [0.3, 0.4) is 0 Å². The van der Waals surface area contributed by atoms with Crippen LogP contribution in [0.5, 0.6) is 0 Å². The molecule has 3 heteroatoms. The molecule has 0 aliphatic rings. The zero-order valence-electron chi connectivity index (χ0n) is 9.72. The first-order chi connectivity index (χ1) is 7.63. The summed E-state index contributed by atoms with van der Waals surface area (Å²) in [6.07, 6.45) is 2.75. The van der Waals surface area contributed by atoms with E-state index in [1.807, 2.05) is 38.1 Å². The van der Waals surface area contributed by atoms with Gasteiger partial charge in [-0.15, -0.1) is 0 Å². The molecule has 1 rings (SSSR count). The molecule has 0 amide bonds. The molecule has 0 radical (unpaired) electrons. The number of aryl methyl sites for hydroxylation is 1. The molecule has 0 spiro atoms. The van der Waals surface area contributed by atoms with Crippen molar-refractivity contribution in [3.8, 4) is 0 Å². The Morgan fingerprint density at radius 1 is 1.38 bits per heavy atom. The lowest BCUT2D eigenvalue weighted by Gasteiger charge is -2.02. The number of hydrogen-bond acceptors (Lipinski definition) is 2. The first-order valence-corrected chi connectivity index (χ1v) is 6.68. The normalized spacial score (nSPS) is 15.2. The van der Waals surface area contributed by atoms with Crippen molar-refractivity contribution in [1.29, 1.82) is 0 Å². The van der Waals surface area contributed by atoms with Crippen LogP contribution < -0.4 is 0 Å². The van der Waals surface area contributed by atoms with E-state index in [1.54, 1.807) is 11.5 Å². The summed E-state index contributed by atoms with van der Waals surface area (Å²) in [6.45, 7) is 4.00. The summed E-state index contributed by atoms with van der Waals surface area (Å²) in [6, 6.07) is 7.57. The predicted molar refractivity (Wildman–Crippen MR) is 67.6 cm³/mol. The standard InChI is InChI=1S/C13H18O2S/c1-3-4-12(14)9-10-16(15)13-7-5-11(2)6-8-13/h5-10,12,14H,3-4H2,1-2H3/b10-9+. The van der Waals surface area contributed by atoms with Gasteiger partial charge < -0.3 is 5.11 Å². The van der Waals surface area contributed by atoms with E-state index >= 15 is 0 Å². The van der Waals surface area contributed by atoms with Crippen LogP contribution in [0.1, 0.15) is 25.3 Å². The molecule has 0 heterocycles. The van der Waals surface area contributed by atoms with Crippen molar-refractivity contribution in [2.45, 2.75) is 37.7 Å². The van der Waals surface area contributed by atoms with Crippen molar-refractivity contribution in [2.24, 2.45) is 0 Å². The first-order valence-electron chi connectivity index (χ1n) is 5.47. The van der Waals surface area contributed by atoms with Crippen LogP contribution in [-0.2, 0) is 10.8 Å². The highest BCUT2D eigenvalue weighted by Crippen LogP contribution is 2.10. The Hall–Kier alpha value is -0.930. The van der Waals surface area contributed by atoms with Crippen LogP contribution in [0, 0.1) is 6.92 Å². The maximum absolute atomic E-state index is 11.8. The lowest BCUT2D eigenvalue weighted by atomic mass is 10.2. The number of benzene rings is 1. The minimum absolute atomic E-state index is 0.487. The van der Waals surface area contributed by atoms with E-state index in [9.17, 15) is 9.32 Å². The summed E-state index contributed by atoms with van der Waals surface area (Å²) in [7, 11) is -1.16. The summed E-state index contributed by atoms with van der Waals surface area (Å²) in [4.78, 5) is 0.769. The molecule has 0 bridgehead atoms. The molecule has 88 valence electrons. The summed E-state index contributed by atoms with van der Waals surface area (Å²) in [5.41, 5.74) is 1.15. The fourth-order valence-electron chi connectivity index (χ4n) is 1.31. The minimum Gasteiger partial charge on any atom is -0.389 e. The van der Waals surface area contributed by atoms with Crippen molar-refractivity contribution >= 4 is 10.8 Å². The van der Waals surface area contributed by atoms with Crippen LogP contribution in [0.4, 0.5) is 0 Å². The first kappa shape index (κ1) is 13.1. The van der Waals surface area contributed by atoms with Crippen LogP contribution in [0.2, 0.25) is 0 Å². The lowest BCUT2D eigenvalue weighted by Crippen LogP contribution is -2.01. The largest absolute Gasteiger partial charge is 0.389 e. The van der Waals surface area contributed by atoms with Gasteiger partial charge in [0.25, 0.3) is 0 Å². The van der Waals surface area contributed by atoms with Crippen LogP contribution in [0.25, 0.3) is 0 Å². The maximum atomic E-state index is 11.8. The van der Waals surface area contributed by atoms with Gasteiger partial charge in [0.05, 0.1) is 16.9 Å². The third-order valence-electron chi connectivity index (χ3n) is 2.26. The fourth-order valence-corrected chi connectivity index (χ4v) is 2.19. The molecule has 2 nitrogen and oxygen atoms in total. The van der Waals surface area contributed by atoms with Crippen LogP contribution in [0.15, 0.2) is 40.6 Å². The van der Waals surface area contributed by atoms with E-state index in [2.05, 4.69) is 0 Å². The van der Waals surface area contributed by atoms with Crippen molar-refractivity contribution < 1.29 is 9.32 Å². The highest BCUT2D eigenvalue weighted by molar-refractivity contribution is 7.88. The Morgan fingerprint density at radius 2 is 2.00 bits per heavy atom. The van der Waals surface area contributed by atoms with Gasteiger partial charge in [-0.2, -0.15) is 0 Å². The number of aliphatic hydroxyl groups is 1. The minimum atomic E-state index is -1.16. The summed E-state index contributed by atoms with van der Waals surface area (Å²) < 4.78 is 11.8. The second-order valence-corrected chi connectivity index (χ2v) is 5.13. The number of rotatable bonds is 5. The molecule has 0 aliphatic heterocycles. The van der Waals surface area contributed by atoms with E-state index in [-0.39, 0.29) is 0 Å². The zero-order chi connectivity index (χ0) is 12.0. The van der Waals surface area contributed by atoms with Crippen LogP contribution >= 0.6 is 0 Å². The molecule has 1 aromatic carbocycles. The van der Waals surface area contributed by atoms with Gasteiger partial charge in [-0.05, 0) is 31.6 Å². The maximum Gasteiger partial charge on any atom is 0.0773 e. The molecule has 0 saturated carbocycles. The van der Waals surface area contributed by atoms with E-state index in [0.717, 1.165) is 16.9 Å². The predicted octanol–water partition coefficient (Wildman–Crippen LogP) is 2.78. The summed E-state index contributed by atoms with van der Waals surface area (Å²) in [5, 5.41) is 11.0. The van der Waals surface area contributed by atoms with Gasteiger partial charge in [0, 0.05) is 10.3 Å². The van der Waals surface area contributed by atoms with Crippen molar-refractivity contribution in [3.63, 3.8) is 0 Å².